The van der Waals surface area contributed by atoms with Gasteiger partial charge in [-0.05, 0) is 57.7 Å². The summed E-state index contributed by atoms with van der Waals surface area (Å²) >= 11 is 14.1. The van der Waals surface area contributed by atoms with Crippen molar-refractivity contribution in [2.45, 2.75) is 75.9 Å². The molecule has 0 saturated heterocycles. The van der Waals surface area contributed by atoms with Crippen molar-refractivity contribution in [3.63, 3.8) is 0 Å². The van der Waals surface area contributed by atoms with Crippen molar-refractivity contribution in [3.8, 4) is 45.3 Å². The van der Waals surface area contributed by atoms with Crippen LogP contribution in [0.5, 0.6) is 11.6 Å². The van der Waals surface area contributed by atoms with Crippen LogP contribution >= 0.6 is 23.2 Å². The van der Waals surface area contributed by atoms with Crippen molar-refractivity contribution in [3.05, 3.63) is 82.0 Å². The van der Waals surface area contributed by atoms with Gasteiger partial charge in [-0.3, -0.25) is 4.98 Å². The highest BCUT2D eigenvalue weighted by Gasteiger charge is 2.38. The minimum atomic E-state index is -0.584. The largest absolute Gasteiger partial charge is 0.496 e. The summed E-state index contributed by atoms with van der Waals surface area (Å²) in [7, 11) is 3.26. The van der Waals surface area contributed by atoms with Gasteiger partial charge in [0.2, 0.25) is 5.88 Å². The summed E-state index contributed by atoms with van der Waals surface area (Å²) in [4.78, 5) is 9.41. The van der Waals surface area contributed by atoms with Crippen LogP contribution in [0.1, 0.15) is 50.7 Å². The van der Waals surface area contributed by atoms with Crippen molar-refractivity contribution in [2.24, 2.45) is 0 Å². The number of nitrogens with zero attached hydrogens (tertiary/aromatic N) is 2. The van der Waals surface area contributed by atoms with Crippen molar-refractivity contribution in [1.82, 2.24) is 20.6 Å². The average Bonchev–Trinajstić information content (AvgIpc) is 3.01. The topological polar surface area (TPSA) is 109 Å². The minimum Gasteiger partial charge on any atom is -0.496 e. The zero-order chi connectivity index (χ0) is 32.6. The summed E-state index contributed by atoms with van der Waals surface area (Å²) in [5.74, 6) is 1.26. The highest BCUT2D eigenvalue weighted by Crippen LogP contribution is 2.42. The lowest BCUT2D eigenvalue weighted by Crippen LogP contribution is -2.51. The molecule has 10 heteroatoms. The Kier molecular flexibility index (Phi) is 9.31. The summed E-state index contributed by atoms with van der Waals surface area (Å²) in [5.41, 5.74) is 5.20. The second-order valence-corrected chi connectivity index (χ2v) is 13.8. The molecule has 0 spiro atoms. The molecule has 4 aromatic rings. The third kappa shape index (κ3) is 6.88. The van der Waals surface area contributed by atoms with E-state index < -0.39 is 11.2 Å². The molecular weight excluding hydrogens is 623 g/mol. The van der Waals surface area contributed by atoms with Gasteiger partial charge in [0.1, 0.15) is 5.75 Å². The lowest BCUT2D eigenvalue weighted by atomic mass is 9.77. The quantitative estimate of drug-likeness (QED) is 0.139. The van der Waals surface area contributed by atoms with E-state index in [0.29, 0.717) is 40.4 Å². The van der Waals surface area contributed by atoms with Crippen LogP contribution < -0.4 is 20.1 Å². The van der Waals surface area contributed by atoms with E-state index >= 15 is 0 Å². The molecular formula is C36H40Cl2N4O4. The summed E-state index contributed by atoms with van der Waals surface area (Å²) in [6, 6.07) is 18.1. The Morgan fingerprint density at radius 1 is 0.783 bits per heavy atom. The first-order chi connectivity index (χ1) is 22.0. The Hall–Kier alpha value is -3.24. The Labute approximate surface area is 280 Å². The molecule has 2 aliphatic carbocycles. The molecule has 2 saturated carbocycles. The molecule has 2 fully saturated rings. The average molecular weight is 664 g/mol. The van der Waals surface area contributed by atoms with Crippen molar-refractivity contribution in [2.75, 3.05) is 14.2 Å². The first-order valence-electron chi connectivity index (χ1n) is 15.5. The SMILES string of the molecule is COc1cc(-c2nccc(-c3cccc(-c4ccc(CNC5CC(C)(O)C5)c(OC)n4)c3Cl)c2Cl)ccc1CNC1CC(C)(O)C1. The smallest absolute Gasteiger partial charge is 0.218 e. The van der Waals surface area contributed by atoms with Crippen molar-refractivity contribution in [1.29, 1.82) is 0 Å². The van der Waals surface area contributed by atoms with Crippen LogP contribution in [-0.4, -0.2) is 57.7 Å². The van der Waals surface area contributed by atoms with Crippen LogP contribution in [0, 0.1) is 0 Å². The molecule has 0 amide bonds. The Balaban J connectivity index is 1.23. The molecule has 6 rings (SSSR count). The molecule has 2 aromatic carbocycles. The Bertz CT molecular complexity index is 1600. The number of halogens is 2. The molecule has 8 nitrogen and oxygen atoms in total. The third-order valence-corrected chi connectivity index (χ3v) is 9.84. The highest BCUT2D eigenvalue weighted by molar-refractivity contribution is 6.39. The van der Waals surface area contributed by atoms with Crippen LogP contribution in [0.15, 0.2) is 60.8 Å². The molecule has 2 aliphatic rings. The monoisotopic (exact) mass is 662 g/mol. The number of hydrogen-bond donors (Lipinski definition) is 4. The number of rotatable bonds is 11. The van der Waals surface area contributed by atoms with Gasteiger partial charge in [0.05, 0.1) is 46.9 Å². The van der Waals surface area contributed by atoms with Crippen LogP contribution in [0.3, 0.4) is 0 Å². The number of aromatic nitrogens is 2. The van der Waals surface area contributed by atoms with Crippen LogP contribution in [0.25, 0.3) is 33.6 Å². The lowest BCUT2D eigenvalue weighted by Gasteiger charge is -2.41. The number of hydrogen-bond acceptors (Lipinski definition) is 8. The zero-order valence-corrected chi connectivity index (χ0v) is 28.0. The predicted molar refractivity (Wildman–Crippen MR) is 182 cm³/mol. The van der Waals surface area contributed by atoms with Gasteiger partial charge in [0, 0.05) is 64.8 Å². The van der Waals surface area contributed by atoms with Gasteiger partial charge in [-0.25, -0.2) is 4.98 Å². The van der Waals surface area contributed by atoms with Crippen LogP contribution in [-0.2, 0) is 13.1 Å². The van der Waals surface area contributed by atoms with Gasteiger partial charge in [0.25, 0.3) is 0 Å². The Morgan fingerprint density at radius 3 is 2.02 bits per heavy atom. The lowest BCUT2D eigenvalue weighted by molar-refractivity contribution is -0.0399. The van der Waals surface area contributed by atoms with E-state index in [-0.39, 0.29) is 12.1 Å². The first kappa shape index (κ1) is 32.7. The van der Waals surface area contributed by atoms with E-state index in [1.165, 1.54) is 0 Å². The fourth-order valence-electron chi connectivity index (χ4n) is 6.56. The van der Waals surface area contributed by atoms with Crippen LogP contribution in [0.4, 0.5) is 0 Å². The highest BCUT2D eigenvalue weighted by atomic mass is 35.5. The van der Waals surface area contributed by atoms with Gasteiger partial charge >= 0.3 is 0 Å². The number of methoxy groups -OCH3 is 2. The van der Waals surface area contributed by atoms with Gasteiger partial charge < -0.3 is 30.3 Å². The molecule has 0 aliphatic heterocycles. The van der Waals surface area contributed by atoms with E-state index in [1.54, 1.807) is 20.4 Å². The molecule has 0 bridgehead atoms. The minimum absolute atomic E-state index is 0.271. The summed E-state index contributed by atoms with van der Waals surface area (Å²) in [5, 5.41) is 28.1. The standard InChI is InChI=1S/C36H40Cl2N4O4/c1-35(43)15-24(16-35)40-19-22-9-8-21(14-30(22)45-3)33-32(38)27(12-13-39-33)26-6-5-7-28(31(26)37)29-11-10-23(34(42-29)46-4)20-41-25-17-36(2,44)18-25/h5-14,24-25,40-41,43-44H,15-20H2,1-4H3. The number of benzene rings is 2. The normalized spacial score (nSPS) is 23.8. The number of ether oxygens (including phenoxy) is 2. The summed E-state index contributed by atoms with van der Waals surface area (Å²) in [6.07, 6.45) is 4.66. The second kappa shape index (κ2) is 13.1. The zero-order valence-electron chi connectivity index (χ0n) is 26.5. The predicted octanol–water partition coefficient (Wildman–Crippen LogP) is 6.81. The maximum Gasteiger partial charge on any atom is 0.218 e. The molecule has 2 aromatic heterocycles. The first-order valence-corrected chi connectivity index (χ1v) is 16.3. The molecule has 0 atom stereocenters. The van der Waals surface area contributed by atoms with Crippen molar-refractivity contribution < 1.29 is 19.7 Å². The van der Waals surface area contributed by atoms with Gasteiger partial charge in [0.15, 0.2) is 0 Å². The molecule has 2 heterocycles. The van der Waals surface area contributed by atoms with E-state index in [0.717, 1.165) is 64.8 Å². The van der Waals surface area contributed by atoms with Gasteiger partial charge in [-0.1, -0.05) is 59.6 Å². The van der Waals surface area contributed by atoms with E-state index in [2.05, 4.69) is 15.6 Å². The van der Waals surface area contributed by atoms with Crippen molar-refractivity contribution >= 4 is 23.2 Å². The van der Waals surface area contributed by atoms with E-state index in [4.69, 9.17) is 37.7 Å². The molecule has 0 radical (unpaired) electrons. The Morgan fingerprint density at radius 2 is 1.39 bits per heavy atom. The summed E-state index contributed by atoms with van der Waals surface area (Å²) in [6.45, 7) is 4.95. The van der Waals surface area contributed by atoms with Crippen LogP contribution in [0.2, 0.25) is 10.0 Å². The fraction of sp³-hybridized carbons (Fsp3) is 0.389. The molecule has 0 unspecified atom stereocenters. The number of pyridine rings is 2. The van der Waals surface area contributed by atoms with Gasteiger partial charge in [-0.15, -0.1) is 0 Å². The third-order valence-electron chi connectivity index (χ3n) is 9.05. The number of aliphatic hydroxyl groups is 2. The number of nitrogens with one attached hydrogen (secondary N) is 2. The van der Waals surface area contributed by atoms with Gasteiger partial charge in [-0.2, -0.15) is 0 Å². The molecule has 46 heavy (non-hydrogen) atoms. The second-order valence-electron chi connectivity index (χ2n) is 13.0. The fourth-order valence-corrected chi connectivity index (χ4v) is 7.21. The summed E-state index contributed by atoms with van der Waals surface area (Å²) < 4.78 is 11.4. The maximum absolute atomic E-state index is 10.0. The maximum atomic E-state index is 10.0. The molecule has 4 N–H and O–H groups in total. The molecule has 242 valence electrons. The van der Waals surface area contributed by atoms with E-state index in [1.807, 2.05) is 68.4 Å². The van der Waals surface area contributed by atoms with E-state index in [9.17, 15) is 10.2 Å².